The number of hydrogen-bond donors (Lipinski definition) is 3. The normalized spacial score (nSPS) is 11.9. The molecule has 0 radical (unpaired) electrons. The van der Waals surface area contributed by atoms with Gasteiger partial charge in [0.2, 0.25) is 5.91 Å². The second-order valence-corrected chi connectivity index (χ2v) is 4.95. The Kier molecular flexibility index (Phi) is 7.32. The van der Waals surface area contributed by atoms with Gasteiger partial charge in [0.25, 0.3) is 0 Å². The molecule has 106 valence electrons. The zero-order valence-corrected chi connectivity index (χ0v) is 11.7. The molecule has 0 heterocycles. The van der Waals surface area contributed by atoms with E-state index >= 15 is 0 Å². The molecular formula is C13H19NO4S. The highest BCUT2D eigenvalue weighted by Crippen LogP contribution is 2.16. The van der Waals surface area contributed by atoms with Crippen LogP contribution in [0.1, 0.15) is 6.42 Å². The third kappa shape index (κ3) is 6.47. The summed E-state index contributed by atoms with van der Waals surface area (Å²) in [5.41, 5.74) is 0.709. The smallest absolute Gasteiger partial charge is 0.225 e. The van der Waals surface area contributed by atoms with Gasteiger partial charge >= 0.3 is 0 Å². The highest BCUT2D eigenvalue weighted by Gasteiger charge is 2.04. The van der Waals surface area contributed by atoms with E-state index in [1.165, 1.54) is 0 Å². The number of ether oxygens (including phenoxy) is 1. The number of thioether (sulfide) groups is 1. The van der Waals surface area contributed by atoms with Gasteiger partial charge in [-0.2, -0.15) is 11.8 Å². The molecule has 0 fully saturated rings. The van der Waals surface area contributed by atoms with Crippen molar-refractivity contribution in [2.45, 2.75) is 12.5 Å². The summed E-state index contributed by atoms with van der Waals surface area (Å²) in [6.45, 7) is -0.292. The molecule has 1 rings (SSSR count). The average Bonchev–Trinajstić information content (AvgIpc) is 2.44. The summed E-state index contributed by atoms with van der Waals surface area (Å²) in [6, 6.07) is 6.87. The Morgan fingerprint density at radius 3 is 2.68 bits per heavy atom. The van der Waals surface area contributed by atoms with Crippen LogP contribution in [0.4, 0.5) is 5.69 Å². The second kappa shape index (κ2) is 8.79. The fraction of sp³-hybridized carbons (Fsp3) is 0.462. The zero-order chi connectivity index (χ0) is 14.1. The largest absolute Gasteiger partial charge is 0.491 e. The maximum Gasteiger partial charge on any atom is 0.225 e. The van der Waals surface area contributed by atoms with E-state index in [0.717, 1.165) is 5.75 Å². The first-order valence-electron chi connectivity index (χ1n) is 5.96. The summed E-state index contributed by atoms with van der Waals surface area (Å²) in [6.07, 6.45) is 1.56. The van der Waals surface area contributed by atoms with Crippen LogP contribution in [0.3, 0.4) is 0 Å². The molecule has 0 saturated carbocycles. The minimum Gasteiger partial charge on any atom is -0.491 e. The summed E-state index contributed by atoms with van der Waals surface area (Å²) in [7, 11) is 0. The number of hydrogen-bond acceptors (Lipinski definition) is 5. The summed E-state index contributed by atoms with van der Waals surface area (Å²) < 4.78 is 5.26. The molecule has 5 nitrogen and oxygen atoms in total. The quantitative estimate of drug-likeness (QED) is 0.667. The lowest BCUT2D eigenvalue weighted by molar-refractivity contribution is -0.115. The van der Waals surface area contributed by atoms with Crippen molar-refractivity contribution in [2.75, 3.05) is 30.5 Å². The average molecular weight is 285 g/mol. The molecule has 19 heavy (non-hydrogen) atoms. The number of rotatable bonds is 8. The van der Waals surface area contributed by atoms with Crippen LogP contribution in [0.2, 0.25) is 0 Å². The van der Waals surface area contributed by atoms with E-state index in [0.29, 0.717) is 17.9 Å². The Morgan fingerprint density at radius 1 is 1.42 bits per heavy atom. The monoisotopic (exact) mass is 285 g/mol. The fourth-order valence-electron chi connectivity index (χ4n) is 1.30. The highest BCUT2D eigenvalue weighted by molar-refractivity contribution is 7.98. The summed E-state index contributed by atoms with van der Waals surface area (Å²) >= 11 is 1.63. The van der Waals surface area contributed by atoms with E-state index in [1.807, 2.05) is 6.26 Å². The number of benzene rings is 1. The van der Waals surface area contributed by atoms with Crippen LogP contribution in [0.5, 0.6) is 5.75 Å². The molecule has 1 amide bonds. The zero-order valence-electron chi connectivity index (χ0n) is 10.8. The number of nitrogens with one attached hydrogen (secondary N) is 1. The predicted octanol–water partition coefficient (Wildman–Crippen LogP) is 1.11. The first kappa shape index (κ1) is 15.8. The topological polar surface area (TPSA) is 78.8 Å². The van der Waals surface area contributed by atoms with Crippen molar-refractivity contribution >= 4 is 23.4 Å². The molecule has 3 N–H and O–H groups in total. The molecule has 0 aliphatic carbocycles. The highest BCUT2D eigenvalue weighted by atomic mass is 32.2. The Bertz CT molecular complexity index is 383. The van der Waals surface area contributed by atoms with Gasteiger partial charge in [-0.3, -0.25) is 4.79 Å². The maximum absolute atomic E-state index is 11.5. The first-order chi connectivity index (χ1) is 9.15. The van der Waals surface area contributed by atoms with Gasteiger partial charge < -0.3 is 20.3 Å². The van der Waals surface area contributed by atoms with Crippen molar-refractivity contribution < 1.29 is 19.7 Å². The number of anilines is 1. The summed E-state index contributed by atoms with van der Waals surface area (Å²) in [4.78, 5) is 11.5. The third-order valence-corrected chi connectivity index (χ3v) is 2.94. The number of carbonyl (C=O) groups excluding carboxylic acids is 1. The molecule has 0 spiro atoms. The van der Waals surface area contributed by atoms with Crippen molar-refractivity contribution in [3.05, 3.63) is 24.3 Å². The van der Waals surface area contributed by atoms with E-state index in [4.69, 9.17) is 14.9 Å². The van der Waals surface area contributed by atoms with Gasteiger partial charge in [0.1, 0.15) is 18.5 Å². The Labute approximate surface area is 117 Å². The van der Waals surface area contributed by atoms with Crippen molar-refractivity contribution in [3.8, 4) is 5.75 Å². The molecular weight excluding hydrogens is 266 g/mol. The molecule has 1 unspecified atom stereocenters. The SMILES string of the molecule is CSCCC(=O)Nc1ccc(OCC(O)CO)cc1. The van der Waals surface area contributed by atoms with Crippen LogP contribution in [0, 0.1) is 0 Å². The van der Waals surface area contributed by atoms with Gasteiger partial charge in [-0.25, -0.2) is 0 Å². The van der Waals surface area contributed by atoms with Crippen molar-refractivity contribution in [3.63, 3.8) is 0 Å². The van der Waals surface area contributed by atoms with Crippen LogP contribution in [-0.4, -0.2) is 47.4 Å². The molecule has 0 aliphatic rings. The van der Waals surface area contributed by atoms with Gasteiger partial charge in [0, 0.05) is 17.9 Å². The fourth-order valence-corrected chi connectivity index (χ4v) is 1.69. The van der Waals surface area contributed by atoms with Crippen LogP contribution in [0.15, 0.2) is 24.3 Å². The van der Waals surface area contributed by atoms with Crippen molar-refractivity contribution in [2.24, 2.45) is 0 Å². The minimum atomic E-state index is -0.883. The molecule has 6 heteroatoms. The van der Waals surface area contributed by atoms with Gasteiger partial charge in [-0.1, -0.05) is 0 Å². The predicted molar refractivity (Wildman–Crippen MR) is 76.7 cm³/mol. The molecule has 1 aromatic rings. The molecule has 0 aromatic heterocycles. The third-order valence-electron chi connectivity index (χ3n) is 2.32. The molecule has 1 aromatic carbocycles. The van der Waals surface area contributed by atoms with Crippen molar-refractivity contribution in [1.29, 1.82) is 0 Å². The molecule has 1 atom stereocenters. The van der Waals surface area contributed by atoms with E-state index < -0.39 is 6.10 Å². The standard InChI is InChI=1S/C13H19NO4S/c1-19-7-6-13(17)14-10-2-4-12(5-3-10)18-9-11(16)8-15/h2-5,11,15-16H,6-9H2,1H3,(H,14,17). The molecule has 0 saturated heterocycles. The minimum absolute atomic E-state index is 0.0151. The van der Waals surface area contributed by atoms with Crippen LogP contribution in [-0.2, 0) is 4.79 Å². The number of aliphatic hydroxyl groups is 2. The van der Waals surface area contributed by atoms with E-state index in [-0.39, 0.29) is 19.1 Å². The Morgan fingerprint density at radius 2 is 2.11 bits per heavy atom. The van der Waals surface area contributed by atoms with Gasteiger partial charge in [-0.05, 0) is 30.5 Å². The lowest BCUT2D eigenvalue weighted by Crippen LogP contribution is -2.21. The molecule has 0 bridgehead atoms. The lowest BCUT2D eigenvalue weighted by atomic mass is 10.3. The Balaban J connectivity index is 2.40. The van der Waals surface area contributed by atoms with Gasteiger partial charge in [0.05, 0.1) is 6.61 Å². The molecule has 0 aliphatic heterocycles. The van der Waals surface area contributed by atoms with Crippen LogP contribution >= 0.6 is 11.8 Å². The number of amides is 1. The lowest BCUT2D eigenvalue weighted by Gasteiger charge is -2.10. The Hall–Kier alpha value is -1.24. The van der Waals surface area contributed by atoms with E-state index in [9.17, 15) is 4.79 Å². The second-order valence-electron chi connectivity index (χ2n) is 3.96. The maximum atomic E-state index is 11.5. The van der Waals surface area contributed by atoms with Crippen LogP contribution < -0.4 is 10.1 Å². The van der Waals surface area contributed by atoms with E-state index in [2.05, 4.69) is 5.32 Å². The first-order valence-corrected chi connectivity index (χ1v) is 7.35. The number of carbonyl (C=O) groups is 1. The summed E-state index contributed by atoms with van der Waals surface area (Å²) in [5, 5.41) is 20.6. The van der Waals surface area contributed by atoms with Crippen LogP contribution in [0.25, 0.3) is 0 Å². The van der Waals surface area contributed by atoms with Gasteiger partial charge in [-0.15, -0.1) is 0 Å². The number of aliphatic hydroxyl groups excluding tert-OH is 2. The van der Waals surface area contributed by atoms with E-state index in [1.54, 1.807) is 36.0 Å². The van der Waals surface area contributed by atoms with Crippen molar-refractivity contribution in [1.82, 2.24) is 0 Å². The van der Waals surface area contributed by atoms with Gasteiger partial charge in [0.15, 0.2) is 0 Å². The summed E-state index contributed by atoms with van der Waals surface area (Å²) in [5.74, 6) is 1.36.